The Kier molecular flexibility index (Phi) is 4.27. The van der Waals surface area contributed by atoms with Gasteiger partial charge in [0.05, 0.1) is 0 Å². The maximum Gasteiger partial charge on any atom is 0.313 e. The maximum absolute atomic E-state index is 12.4. The molecule has 1 unspecified atom stereocenters. The van der Waals surface area contributed by atoms with Gasteiger partial charge in [0.25, 0.3) is 0 Å². The van der Waals surface area contributed by atoms with Crippen molar-refractivity contribution in [2.75, 3.05) is 5.32 Å². The second kappa shape index (κ2) is 6.31. The predicted octanol–water partition coefficient (Wildman–Crippen LogP) is 4.00. The SMILES string of the molecule is CC(NC(=O)C(=O)Nc1ccc(Cl)cc1)C12CC3CC(CC(C3)C1)C2. The van der Waals surface area contributed by atoms with E-state index in [-0.39, 0.29) is 11.5 Å². The lowest BCUT2D eigenvalue weighted by Crippen LogP contribution is -2.57. The van der Waals surface area contributed by atoms with E-state index in [1.165, 1.54) is 38.5 Å². The molecule has 2 N–H and O–H groups in total. The van der Waals surface area contributed by atoms with Crippen LogP contribution in [-0.2, 0) is 9.59 Å². The Morgan fingerprint density at radius 1 is 1.00 bits per heavy atom. The van der Waals surface area contributed by atoms with Crippen molar-refractivity contribution >= 4 is 29.1 Å². The number of rotatable bonds is 3. The smallest absolute Gasteiger partial charge is 0.313 e. The molecule has 2 amide bonds. The monoisotopic (exact) mass is 360 g/mol. The van der Waals surface area contributed by atoms with E-state index in [9.17, 15) is 9.59 Å². The first kappa shape index (κ1) is 16.9. The number of amides is 2. The summed E-state index contributed by atoms with van der Waals surface area (Å²) in [6.07, 6.45) is 7.74. The second-order valence-corrected chi connectivity index (χ2v) is 8.87. The number of hydrogen-bond donors (Lipinski definition) is 2. The summed E-state index contributed by atoms with van der Waals surface area (Å²) in [6, 6.07) is 6.80. The highest BCUT2D eigenvalue weighted by Gasteiger charge is 2.53. The number of halogens is 1. The zero-order valence-corrected chi connectivity index (χ0v) is 15.3. The Morgan fingerprint density at radius 2 is 1.52 bits per heavy atom. The fourth-order valence-corrected chi connectivity index (χ4v) is 5.97. The minimum Gasteiger partial charge on any atom is -0.345 e. The lowest BCUT2D eigenvalue weighted by Gasteiger charge is -2.59. The average molecular weight is 361 g/mol. The summed E-state index contributed by atoms with van der Waals surface area (Å²) in [4.78, 5) is 24.6. The molecule has 4 bridgehead atoms. The van der Waals surface area contributed by atoms with Crippen molar-refractivity contribution in [2.24, 2.45) is 23.2 Å². The Labute approximate surface area is 153 Å². The summed E-state index contributed by atoms with van der Waals surface area (Å²) >= 11 is 5.84. The predicted molar refractivity (Wildman–Crippen MR) is 98.3 cm³/mol. The van der Waals surface area contributed by atoms with Gasteiger partial charge < -0.3 is 10.6 Å². The topological polar surface area (TPSA) is 58.2 Å². The van der Waals surface area contributed by atoms with E-state index < -0.39 is 11.8 Å². The summed E-state index contributed by atoms with van der Waals surface area (Å²) in [6.45, 7) is 2.08. The molecular weight excluding hydrogens is 336 g/mol. The van der Waals surface area contributed by atoms with Crippen LogP contribution in [0.15, 0.2) is 24.3 Å². The highest BCUT2D eigenvalue weighted by molar-refractivity contribution is 6.39. The molecule has 1 atom stereocenters. The molecule has 4 fully saturated rings. The third-order valence-corrected chi connectivity index (χ3v) is 6.91. The van der Waals surface area contributed by atoms with Gasteiger partial charge in [0.1, 0.15) is 0 Å². The molecule has 5 heteroatoms. The van der Waals surface area contributed by atoms with Crippen molar-refractivity contribution < 1.29 is 9.59 Å². The molecule has 1 aromatic carbocycles. The van der Waals surface area contributed by atoms with E-state index >= 15 is 0 Å². The van der Waals surface area contributed by atoms with Crippen LogP contribution in [0.2, 0.25) is 5.02 Å². The zero-order chi connectivity index (χ0) is 17.6. The van der Waals surface area contributed by atoms with Crippen molar-refractivity contribution in [3.05, 3.63) is 29.3 Å². The van der Waals surface area contributed by atoms with Gasteiger partial charge in [-0.1, -0.05) is 11.6 Å². The standard InChI is InChI=1S/C20H25ClN2O2/c1-12(20-9-13-6-14(10-20)8-15(7-13)11-20)22-18(24)19(25)23-17-4-2-16(21)3-5-17/h2-5,12-15H,6-11H2,1H3,(H,22,24)(H,23,25). The van der Waals surface area contributed by atoms with Crippen molar-refractivity contribution in [3.8, 4) is 0 Å². The molecule has 4 saturated carbocycles. The minimum atomic E-state index is -0.612. The average Bonchev–Trinajstić information content (AvgIpc) is 2.55. The Bertz CT molecular complexity index is 650. The summed E-state index contributed by atoms with van der Waals surface area (Å²) in [5.41, 5.74) is 0.775. The molecule has 0 spiro atoms. The first-order valence-electron chi connectivity index (χ1n) is 9.31. The molecule has 25 heavy (non-hydrogen) atoms. The number of benzene rings is 1. The number of nitrogens with one attached hydrogen (secondary N) is 2. The first-order valence-corrected chi connectivity index (χ1v) is 9.69. The molecule has 0 saturated heterocycles. The number of hydrogen-bond acceptors (Lipinski definition) is 2. The van der Waals surface area contributed by atoms with Gasteiger partial charge in [-0.25, -0.2) is 0 Å². The lowest BCUT2D eigenvalue weighted by atomic mass is 9.48. The van der Waals surface area contributed by atoms with Gasteiger partial charge in [-0.2, -0.15) is 0 Å². The summed E-state index contributed by atoms with van der Waals surface area (Å²) in [5, 5.41) is 6.22. The molecule has 1 aromatic rings. The van der Waals surface area contributed by atoms with Crippen molar-refractivity contribution in [1.29, 1.82) is 0 Å². The van der Waals surface area contributed by atoms with Crippen LogP contribution in [0.1, 0.15) is 45.4 Å². The van der Waals surface area contributed by atoms with E-state index in [4.69, 9.17) is 11.6 Å². The number of carbonyl (C=O) groups is 2. The van der Waals surface area contributed by atoms with Crippen LogP contribution in [0.5, 0.6) is 0 Å². The molecule has 4 nitrogen and oxygen atoms in total. The van der Waals surface area contributed by atoms with Crippen molar-refractivity contribution in [3.63, 3.8) is 0 Å². The van der Waals surface area contributed by atoms with Crippen molar-refractivity contribution in [2.45, 2.75) is 51.5 Å². The van der Waals surface area contributed by atoms with Crippen LogP contribution < -0.4 is 10.6 Å². The second-order valence-electron chi connectivity index (χ2n) is 8.44. The van der Waals surface area contributed by atoms with Gasteiger partial charge in [-0.05, 0) is 92.9 Å². The van der Waals surface area contributed by atoms with E-state index in [1.807, 2.05) is 0 Å². The van der Waals surface area contributed by atoms with Crippen LogP contribution in [0.4, 0.5) is 5.69 Å². The molecule has 0 aromatic heterocycles. The Hall–Kier alpha value is -1.55. The summed E-state index contributed by atoms with van der Waals surface area (Å²) in [7, 11) is 0. The van der Waals surface area contributed by atoms with E-state index in [0.717, 1.165) is 17.8 Å². The molecule has 0 radical (unpaired) electrons. The van der Waals surface area contributed by atoms with E-state index in [0.29, 0.717) is 10.7 Å². The number of carbonyl (C=O) groups excluding carboxylic acids is 2. The molecule has 5 rings (SSSR count). The molecule has 0 aliphatic heterocycles. The summed E-state index contributed by atoms with van der Waals surface area (Å²) in [5.74, 6) is 1.33. The fourth-order valence-electron chi connectivity index (χ4n) is 5.84. The molecular formula is C20H25ClN2O2. The molecule has 4 aliphatic rings. The van der Waals surface area contributed by atoms with Gasteiger partial charge in [0.15, 0.2) is 0 Å². The summed E-state index contributed by atoms with van der Waals surface area (Å²) < 4.78 is 0. The fraction of sp³-hybridized carbons (Fsp3) is 0.600. The minimum absolute atomic E-state index is 0.0457. The Balaban J connectivity index is 1.38. The van der Waals surface area contributed by atoms with Gasteiger partial charge in [0, 0.05) is 16.8 Å². The lowest BCUT2D eigenvalue weighted by molar-refractivity contribution is -0.138. The zero-order valence-electron chi connectivity index (χ0n) is 14.6. The van der Waals surface area contributed by atoms with Crippen LogP contribution in [0.3, 0.4) is 0 Å². The normalized spacial score (nSPS) is 33.8. The molecule has 134 valence electrons. The van der Waals surface area contributed by atoms with Crippen LogP contribution in [-0.4, -0.2) is 17.9 Å². The van der Waals surface area contributed by atoms with E-state index in [1.54, 1.807) is 24.3 Å². The van der Waals surface area contributed by atoms with Crippen molar-refractivity contribution in [1.82, 2.24) is 5.32 Å². The largest absolute Gasteiger partial charge is 0.345 e. The molecule has 0 heterocycles. The van der Waals surface area contributed by atoms with Gasteiger partial charge in [-0.3, -0.25) is 9.59 Å². The van der Waals surface area contributed by atoms with Gasteiger partial charge in [-0.15, -0.1) is 0 Å². The van der Waals surface area contributed by atoms with Gasteiger partial charge in [0.2, 0.25) is 0 Å². The highest BCUT2D eigenvalue weighted by Crippen LogP contribution is 2.61. The Morgan fingerprint density at radius 3 is 2.04 bits per heavy atom. The highest BCUT2D eigenvalue weighted by atomic mass is 35.5. The van der Waals surface area contributed by atoms with E-state index in [2.05, 4.69) is 17.6 Å². The third kappa shape index (κ3) is 3.29. The van der Waals surface area contributed by atoms with Crippen LogP contribution >= 0.6 is 11.6 Å². The maximum atomic E-state index is 12.4. The molecule has 4 aliphatic carbocycles. The first-order chi connectivity index (χ1) is 11.9. The third-order valence-electron chi connectivity index (χ3n) is 6.66. The van der Waals surface area contributed by atoms with Gasteiger partial charge >= 0.3 is 11.8 Å². The quantitative estimate of drug-likeness (QED) is 0.800. The van der Waals surface area contributed by atoms with Crippen LogP contribution in [0.25, 0.3) is 0 Å². The number of anilines is 1. The van der Waals surface area contributed by atoms with Crippen LogP contribution in [0, 0.1) is 23.2 Å².